The van der Waals surface area contributed by atoms with Crippen LogP contribution in [0.25, 0.3) is 0 Å². The molecule has 130 valence electrons. The van der Waals surface area contributed by atoms with Gasteiger partial charge < -0.3 is 10.2 Å². The Morgan fingerprint density at radius 3 is 1.28 bits per heavy atom. The highest BCUT2D eigenvalue weighted by molar-refractivity contribution is 5.40. The van der Waals surface area contributed by atoms with Crippen molar-refractivity contribution in [2.24, 2.45) is 0 Å². The highest BCUT2D eigenvalue weighted by Crippen LogP contribution is 2.30. The molecule has 0 saturated heterocycles. The molecular weight excluding hydrogens is 308 g/mol. The summed E-state index contributed by atoms with van der Waals surface area (Å²) in [5.74, 6) is 1.11. The Bertz CT molecular complexity index is 738. The summed E-state index contributed by atoms with van der Waals surface area (Å²) in [6.45, 7) is 4.35. The van der Waals surface area contributed by atoms with Crippen molar-refractivity contribution in [1.29, 1.82) is 0 Å². The number of phenolic OH excluding ortho intramolecular Hbond substituents is 2. The highest BCUT2D eigenvalue weighted by Gasteiger charge is 2.13. The first kappa shape index (κ1) is 18.6. The Labute approximate surface area is 150 Å². The summed E-state index contributed by atoms with van der Waals surface area (Å²) in [5.41, 5.74) is 4.87. The number of aromatic hydroxyl groups is 2. The second kappa shape index (κ2) is 7.89. The SMILES string of the molecule is C.CC(c1ccc(O)cc1)c1cccc(C(C)c2ccc(O)cc2)c1. The Morgan fingerprint density at radius 1 is 0.560 bits per heavy atom. The van der Waals surface area contributed by atoms with Crippen LogP contribution in [0, 0.1) is 0 Å². The summed E-state index contributed by atoms with van der Waals surface area (Å²) >= 11 is 0. The van der Waals surface area contributed by atoms with Gasteiger partial charge >= 0.3 is 0 Å². The molecule has 0 fully saturated rings. The fourth-order valence-corrected chi connectivity index (χ4v) is 3.01. The van der Waals surface area contributed by atoms with Crippen molar-refractivity contribution in [2.75, 3.05) is 0 Å². The van der Waals surface area contributed by atoms with E-state index in [1.165, 1.54) is 22.3 Å². The van der Waals surface area contributed by atoms with Crippen LogP contribution in [0.2, 0.25) is 0 Å². The molecular formula is C23H26O2. The minimum absolute atomic E-state index is 0. The van der Waals surface area contributed by atoms with Gasteiger partial charge in [-0.15, -0.1) is 0 Å². The first-order valence-electron chi connectivity index (χ1n) is 8.22. The van der Waals surface area contributed by atoms with Crippen molar-refractivity contribution in [2.45, 2.75) is 33.1 Å². The molecule has 2 nitrogen and oxygen atoms in total. The van der Waals surface area contributed by atoms with E-state index in [0.717, 1.165) is 0 Å². The molecule has 25 heavy (non-hydrogen) atoms. The summed E-state index contributed by atoms with van der Waals surface area (Å²) in [5, 5.41) is 18.9. The number of hydrogen-bond acceptors (Lipinski definition) is 2. The van der Waals surface area contributed by atoms with Gasteiger partial charge in [0.1, 0.15) is 11.5 Å². The van der Waals surface area contributed by atoms with E-state index in [-0.39, 0.29) is 19.3 Å². The minimum atomic E-state index is 0. The zero-order valence-corrected chi connectivity index (χ0v) is 14.0. The summed E-state index contributed by atoms with van der Waals surface area (Å²) in [6.07, 6.45) is 0. The molecule has 0 amide bonds. The Hall–Kier alpha value is -2.74. The maximum absolute atomic E-state index is 9.45. The molecule has 2 unspecified atom stereocenters. The largest absolute Gasteiger partial charge is 0.508 e. The van der Waals surface area contributed by atoms with Crippen molar-refractivity contribution < 1.29 is 10.2 Å². The predicted molar refractivity (Wildman–Crippen MR) is 104 cm³/mol. The van der Waals surface area contributed by atoms with E-state index in [9.17, 15) is 10.2 Å². The zero-order valence-electron chi connectivity index (χ0n) is 14.0. The maximum Gasteiger partial charge on any atom is 0.115 e. The molecule has 0 bridgehead atoms. The van der Waals surface area contributed by atoms with E-state index < -0.39 is 0 Å². The first-order valence-corrected chi connectivity index (χ1v) is 8.22. The fourth-order valence-electron chi connectivity index (χ4n) is 3.01. The van der Waals surface area contributed by atoms with Crippen LogP contribution in [-0.4, -0.2) is 10.2 Å². The second-order valence-electron chi connectivity index (χ2n) is 6.30. The average molecular weight is 334 g/mol. The molecule has 0 aromatic heterocycles. The van der Waals surface area contributed by atoms with Gasteiger partial charge in [-0.1, -0.05) is 69.8 Å². The van der Waals surface area contributed by atoms with E-state index in [1.807, 2.05) is 24.3 Å². The summed E-state index contributed by atoms with van der Waals surface area (Å²) in [7, 11) is 0. The van der Waals surface area contributed by atoms with Crippen molar-refractivity contribution in [1.82, 2.24) is 0 Å². The Balaban J connectivity index is 0.00000225. The summed E-state index contributed by atoms with van der Waals surface area (Å²) in [6, 6.07) is 23.4. The van der Waals surface area contributed by atoms with Crippen molar-refractivity contribution in [3.63, 3.8) is 0 Å². The lowest BCUT2D eigenvalue weighted by atomic mass is 9.87. The van der Waals surface area contributed by atoms with Crippen molar-refractivity contribution in [3.8, 4) is 11.5 Å². The second-order valence-corrected chi connectivity index (χ2v) is 6.30. The number of rotatable bonds is 4. The van der Waals surface area contributed by atoms with Gasteiger partial charge in [0.25, 0.3) is 0 Å². The summed E-state index contributed by atoms with van der Waals surface area (Å²) in [4.78, 5) is 0. The molecule has 0 aliphatic rings. The smallest absolute Gasteiger partial charge is 0.115 e. The van der Waals surface area contributed by atoms with Crippen LogP contribution < -0.4 is 0 Å². The third-order valence-corrected chi connectivity index (χ3v) is 4.70. The van der Waals surface area contributed by atoms with Gasteiger partial charge in [-0.3, -0.25) is 0 Å². The van der Waals surface area contributed by atoms with Crippen LogP contribution in [0.1, 0.15) is 55.4 Å². The van der Waals surface area contributed by atoms with Gasteiger partial charge in [0.05, 0.1) is 0 Å². The predicted octanol–water partition coefficient (Wildman–Crippen LogP) is 6.04. The molecule has 0 saturated carbocycles. The van der Waals surface area contributed by atoms with Gasteiger partial charge in [-0.25, -0.2) is 0 Å². The van der Waals surface area contributed by atoms with Crippen LogP contribution in [0.3, 0.4) is 0 Å². The van der Waals surface area contributed by atoms with E-state index >= 15 is 0 Å². The molecule has 0 aliphatic carbocycles. The van der Waals surface area contributed by atoms with E-state index in [2.05, 4.69) is 38.1 Å². The van der Waals surface area contributed by atoms with Crippen LogP contribution in [0.5, 0.6) is 11.5 Å². The van der Waals surface area contributed by atoms with Crippen molar-refractivity contribution >= 4 is 0 Å². The molecule has 0 radical (unpaired) electrons. The quantitative estimate of drug-likeness (QED) is 0.611. The summed E-state index contributed by atoms with van der Waals surface area (Å²) < 4.78 is 0. The molecule has 0 spiro atoms. The van der Waals surface area contributed by atoms with Crippen LogP contribution >= 0.6 is 0 Å². The molecule has 0 aliphatic heterocycles. The lowest BCUT2D eigenvalue weighted by molar-refractivity contribution is 0.474. The first-order chi connectivity index (χ1) is 11.5. The monoisotopic (exact) mass is 334 g/mol. The third-order valence-electron chi connectivity index (χ3n) is 4.70. The van der Waals surface area contributed by atoms with E-state index in [0.29, 0.717) is 11.5 Å². The van der Waals surface area contributed by atoms with Gasteiger partial charge in [-0.05, 0) is 46.5 Å². The zero-order chi connectivity index (χ0) is 17.1. The highest BCUT2D eigenvalue weighted by atomic mass is 16.3. The van der Waals surface area contributed by atoms with Gasteiger partial charge in [0.15, 0.2) is 0 Å². The molecule has 3 aromatic carbocycles. The van der Waals surface area contributed by atoms with Crippen LogP contribution in [0.15, 0.2) is 72.8 Å². The Morgan fingerprint density at radius 2 is 0.920 bits per heavy atom. The van der Waals surface area contributed by atoms with Gasteiger partial charge in [0.2, 0.25) is 0 Å². The van der Waals surface area contributed by atoms with Crippen LogP contribution in [0.4, 0.5) is 0 Å². The molecule has 3 aromatic rings. The Kier molecular flexibility index (Phi) is 5.87. The van der Waals surface area contributed by atoms with Crippen LogP contribution in [-0.2, 0) is 0 Å². The van der Waals surface area contributed by atoms with E-state index in [1.54, 1.807) is 24.3 Å². The third kappa shape index (κ3) is 4.21. The maximum atomic E-state index is 9.45. The molecule has 0 heterocycles. The number of hydrogen-bond donors (Lipinski definition) is 2. The van der Waals surface area contributed by atoms with E-state index in [4.69, 9.17) is 0 Å². The fraction of sp³-hybridized carbons (Fsp3) is 0.217. The molecule has 2 atom stereocenters. The minimum Gasteiger partial charge on any atom is -0.508 e. The van der Waals surface area contributed by atoms with Gasteiger partial charge in [0, 0.05) is 11.8 Å². The normalized spacial score (nSPS) is 12.9. The lowest BCUT2D eigenvalue weighted by Crippen LogP contribution is -2.00. The average Bonchev–Trinajstić information content (AvgIpc) is 2.62. The number of phenols is 2. The molecule has 2 N–H and O–H groups in total. The standard InChI is InChI=1S/C22H22O2.CH4/c1-15(17-6-10-21(23)11-7-17)19-4-3-5-20(14-19)16(2)18-8-12-22(24)13-9-18;/h3-16,23-24H,1-2H3;1H4. The van der Waals surface area contributed by atoms with Crippen molar-refractivity contribution in [3.05, 3.63) is 95.1 Å². The topological polar surface area (TPSA) is 40.5 Å². The molecule has 2 heteroatoms. The lowest BCUT2D eigenvalue weighted by Gasteiger charge is -2.17. The number of benzene rings is 3. The molecule has 3 rings (SSSR count). The van der Waals surface area contributed by atoms with Gasteiger partial charge in [-0.2, -0.15) is 0 Å².